The Kier molecular flexibility index (Phi) is 6.11. The number of nitrogens with two attached hydrogens (primary N) is 1. The Balaban J connectivity index is 2.80. The molecule has 6 nitrogen and oxygen atoms in total. The van der Waals surface area contributed by atoms with Gasteiger partial charge in [0.1, 0.15) is 0 Å². The van der Waals surface area contributed by atoms with Crippen LogP contribution in [-0.2, 0) is 20.9 Å². The van der Waals surface area contributed by atoms with E-state index in [0.29, 0.717) is 6.54 Å². The summed E-state index contributed by atoms with van der Waals surface area (Å²) in [7, 11) is 0. The second-order valence-corrected chi connectivity index (χ2v) is 4.65. The fraction of sp³-hybridized carbons (Fsp3) is 0.500. The number of rotatable bonds is 6. The Bertz CT molecular complexity index is 448. The van der Waals surface area contributed by atoms with Gasteiger partial charge >= 0.3 is 5.97 Å². The lowest BCUT2D eigenvalue weighted by molar-refractivity contribution is -0.151. The molecule has 0 fully saturated rings. The summed E-state index contributed by atoms with van der Waals surface area (Å²) in [5.74, 6) is -1.14. The third-order valence-electron chi connectivity index (χ3n) is 2.79. The van der Waals surface area contributed by atoms with E-state index in [2.05, 4.69) is 4.98 Å². The first-order valence-corrected chi connectivity index (χ1v) is 6.59. The summed E-state index contributed by atoms with van der Waals surface area (Å²) < 4.78 is 4.78. The van der Waals surface area contributed by atoms with Gasteiger partial charge in [-0.15, -0.1) is 0 Å². The number of aromatic nitrogens is 1. The van der Waals surface area contributed by atoms with Gasteiger partial charge in [0.25, 0.3) is 5.91 Å². The predicted octanol–water partition coefficient (Wildman–Crippen LogP) is 0.709. The fourth-order valence-electron chi connectivity index (χ4n) is 1.71. The second-order valence-electron chi connectivity index (χ2n) is 4.65. The molecule has 0 radical (unpaired) electrons. The summed E-state index contributed by atoms with van der Waals surface area (Å²) in [4.78, 5) is 29.4. The van der Waals surface area contributed by atoms with Crippen LogP contribution in [0.25, 0.3) is 0 Å². The van der Waals surface area contributed by atoms with E-state index in [4.69, 9.17) is 10.5 Å². The highest BCUT2D eigenvalue weighted by molar-refractivity contribution is 6.01. The lowest BCUT2D eigenvalue weighted by atomic mass is 10.2. The van der Waals surface area contributed by atoms with Gasteiger partial charge in [0.15, 0.2) is 6.04 Å². The standard InChI is InChI=1S/C14H21N3O3/c1-4-20-14(19)12(15)13(18)17(10(2)3)9-11-6-5-7-16-8-11/h5-8,10,12H,4,9,15H2,1-3H3. The summed E-state index contributed by atoms with van der Waals surface area (Å²) in [6.07, 6.45) is 3.34. The van der Waals surface area contributed by atoms with Gasteiger partial charge in [-0.05, 0) is 32.4 Å². The van der Waals surface area contributed by atoms with Crippen LogP contribution in [0.3, 0.4) is 0 Å². The van der Waals surface area contributed by atoms with Crippen LogP contribution < -0.4 is 5.73 Å². The first-order chi connectivity index (χ1) is 9.47. The van der Waals surface area contributed by atoms with Crippen LogP contribution >= 0.6 is 0 Å². The van der Waals surface area contributed by atoms with Gasteiger partial charge < -0.3 is 15.4 Å². The van der Waals surface area contributed by atoms with Crippen LogP contribution in [0.5, 0.6) is 0 Å². The number of hydrogen-bond donors (Lipinski definition) is 1. The molecule has 20 heavy (non-hydrogen) atoms. The van der Waals surface area contributed by atoms with Gasteiger partial charge in [-0.3, -0.25) is 9.78 Å². The molecule has 1 rings (SSSR count). The minimum atomic E-state index is -1.28. The van der Waals surface area contributed by atoms with Crippen molar-refractivity contribution in [2.24, 2.45) is 5.73 Å². The first-order valence-electron chi connectivity index (χ1n) is 6.59. The van der Waals surface area contributed by atoms with Crippen LogP contribution in [-0.4, -0.2) is 40.5 Å². The van der Waals surface area contributed by atoms with Crippen molar-refractivity contribution < 1.29 is 14.3 Å². The summed E-state index contributed by atoms with van der Waals surface area (Å²) in [6, 6.07) is 2.30. The van der Waals surface area contributed by atoms with E-state index in [-0.39, 0.29) is 12.6 Å². The van der Waals surface area contributed by atoms with Crippen molar-refractivity contribution in [2.45, 2.75) is 39.4 Å². The Morgan fingerprint density at radius 3 is 2.65 bits per heavy atom. The molecule has 0 saturated heterocycles. The molecule has 1 aromatic heterocycles. The molecule has 1 atom stereocenters. The van der Waals surface area contributed by atoms with Crippen LogP contribution in [0.15, 0.2) is 24.5 Å². The largest absolute Gasteiger partial charge is 0.464 e. The molecule has 0 saturated carbocycles. The maximum Gasteiger partial charge on any atom is 0.332 e. The summed E-state index contributed by atoms with van der Waals surface area (Å²) >= 11 is 0. The number of carbonyl (C=O) groups excluding carboxylic acids is 2. The zero-order chi connectivity index (χ0) is 15.1. The number of carbonyl (C=O) groups is 2. The molecular formula is C14H21N3O3. The molecule has 1 aromatic rings. The van der Waals surface area contributed by atoms with E-state index < -0.39 is 17.9 Å². The van der Waals surface area contributed by atoms with Crippen LogP contribution in [0.4, 0.5) is 0 Å². The van der Waals surface area contributed by atoms with Crippen molar-refractivity contribution in [3.8, 4) is 0 Å². The highest BCUT2D eigenvalue weighted by Crippen LogP contribution is 2.09. The fourth-order valence-corrected chi connectivity index (χ4v) is 1.71. The van der Waals surface area contributed by atoms with Crippen molar-refractivity contribution in [2.75, 3.05) is 6.61 Å². The molecule has 1 amide bonds. The third-order valence-corrected chi connectivity index (χ3v) is 2.79. The van der Waals surface area contributed by atoms with Crippen molar-refractivity contribution >= 4 is 11.9 Å². The van der Waals surface area contributed by atoms with E-state index in [1.807, 2.05) is 19.9 Å². The van der Waals surface area contributed by atoms with Gasteiger partial charge in [0, 0.05) is 25.0 Å². The zero-order valence-corrected chi connectivity index (χ0v) is 12.1. The maximum atomic E-state index is 12.3. The van der Waals surface area contributed by atoms with E-state index in [0.717, 1.165) is 5.56 Å². The molecule has 0 aliphatic carbocycles. The van der Waals surface area contributed by atoms with Gasteiger partial charge in [-0.1, -0.05) is 6.07 Å². The molecule has 0 spiro atoms. The topological polar surface area (TPSA) is 85.5 Å². The summed E-state index contributed by atoms with van der Waals surface area (Å²) in [5, 5.41) is 0. The second kappa shape index (κ2) is 7.59. The quantitative estimate of drug-likeness (QED) is 0.612. The van der Waals surface area contributed by atoms with E-state index in [9.17, 15) is 9.59 Å². The molecule has 0 aliphatic rings. The molecule has 110 valence electrons. The minimum Gasteiger partial charge on any atom is -0.464 e. The predicted molar refractivity (Wildman–Crippen MR) is 74.5 cm³/mol. The van der Waals surface area contributed by atoms with Crippen molar-refractivity contribution in [3.05, 3.63) is 30.1 Å². The molecule has 1 heterocycles. The number of hydrogen-bond acceptors (Lipinski definition) is 5. The highest BCUT2D eigenvalue weighted by atomic mass is 16.5. The average molecular weight is 279 g/mol. The zero-order valence-electron chi connectivity index (χ0n) is 12.1. The SMILES string of the molecule is CCOC(=O)C(N)C(=O)N(Cc1cccnc1)C(C)C. The molecule has 0 aromatic carbocycles. The average Bonchev–Trinajstić information content (AvgIpc) is 2.44. The summed E-state index contributed by atoms with van der Waals surface area (Å²) in [6.45, 7) is 5.96. The minimum absolute atomic E-state index is 0.0804. The van der Waals surface area contributed by atoms with Crippen molar-refractivity contribution in [1.82, 2.24) is 9.88 Å². The van der Waals surface area contributed by atoms with Gasteiger partial charge in [-0.25, -0.2) is 4.79 Å². The molecular weight excluding hydrogens is 258 g/mol. The lowest BCUT2D eigenvalue weighted by Gasteiger charge is -2.28. The Labute approximate surface area is 118 Å². The van der Waals surface area contributed by atoms with Crippen molar-refractivity contribution in [1.29, 1.82) is 0 Å². The Hall–Kier alpha value is -1.95. The van der Waals surface area contributed by atoms with Crippen LogP contribution in [0.2, 0.25) is 0 Å². The molecule has 1 unspecified atom stereocenters. The number of nitrogens with zero attached hydrogens (tertiary/aromatic N) is 2. The lowest BCUT2D eigenvalue weighted by Crippen LogP contribution is -2.50. The smallest absolute Gasteiger partial charge is 0.332 e. The maximum absolute atomic E-state index is 12.3. The molecule has 0 bridgehead atoms. The van der Waals surface area contributed by atoms with Crippen LogP contribution in [0.1, 0.15) is 26.3 Å². The number of pyridine rings is 1. The number of ether oxygens (including phenoxy) is 1. The summed E-state index contributed by atoms with van der Waals surface area (Å²) in [5.41, 5.74) is 6.54. The van der Waals surface area contributed by atoms with E-state index in [1.165, 1.54) is 0 Å². The molecule has 2 N–H and O–H groups in total. The molecule has 0 aliphatic heterocycles. The Morgan fingerprint density at radius 1 is 1.45 bits per heavy atom. The van der Waals surface area contributed by atoms with Crippen molar-refractivity contribution in [3.63, 3.8) is 0 Å². The third kappa shape index (κ3) is 4.31. The van der Waals surface area contributed by atoms with Gasteiger partial charge in [0.2, 0.25) is 0 Å². The van der Waals surface area contributed by atoms with E-state index >= 15 is 0 Å². The van der Waals surface area contributed by atoms with Gasteiger partial charge in [0.05, 0.1) is 6.61 Å². The van der Waals surface area contributed by atoms with Crippen LogP contribution in [0, 0.1) is 0 Å². The number of esters is 1. The van der Waals surface area contributed by atoms with Gasteiger partial charge in [-0.2, -0.15) is 0 Å². The number of amides is 1. The first kappa shape index (κ1) is 16.1. The monoisotopic (exact) mass is 279 g/mol. The normalized spacial score (nSPS) is 12.1. The van der Waals surface area contributed by atoms with E-state index in [1.54, 1.807) is 30.3 Å². The highest BCUT2D eigenvalue weighted by Gasteiger charge is 2.29. The molecule has 6 heteroatoms. The Morgan fingerprint density at radius 2 is 2.15 bits per heavy atom.